The minimum absolute atomic E-state index is 0.137. The molecule has 36 heavy (non-hydrogen) atoms. The summed E-state index contributed by atoms with van der Waals surface area (Å²) in [5, 5.41) is 16.1. The van der Waals surface area contributed by atoms with Crippen molar-refractivity contribution in [2.45, 2.75) is 45.8 Å². The number of esters is 2. The number of carbonyl (C=O) groups is 2. The number of nitro benzene ring substituents is 1. The molecular weight excluding hydrogens is 484 g/mol. The SMILES string of the molecule is COC(=O)C1=C(C)NC(C)=C(C(=O)O[C@]2(C)CCN(Cc3nccs3)C2)C1.O=[N+]([O-])c1ccccc1. The quantitative estimate of drug-likeness (QED) is 0.346. The Morgan fingerprint density at radius 2 is 1.86 bits per heavy atom. The maximum atomic E-state index is 12.8. The molecule has 192 valence electrons. The number of nitrogens with one attached hydrogen (secondary N) is 1. The highest BCUT2D eigenvalue weighted by Crippen LogP contribution is 2.30. The number of allylic oxidation sites excluding steroid dienone is 2. The van der Waals surface area contributed by atoms with Crippen LogP contribution in [0.2, 0.25) is 0 Å². The number of rotatable bonds is 6. The van der Waals surface area contributed by atoms with E-state index in [1.54, 1.807) is 42.7 Å². The maximum absolute atomic E-state index is 12.8. The van der Waals surface area contributed by atoms with Crippen molar-refractivity contribution in [1.82, 2.24) is 15.2 Å². The highest BCUT2D eigenvalue weighted by Gasteiger charge is 2.39. The van der Waals surface area contributed by atoms with Crippen molar-refractivity contribution in [2.75, 3.05) is 20.2 Å². The van der Waals surface area contributed by atoms with Crippen LogP contribution in [0.15, 0.2) is 64.4 Å². The normalized spacial score (nSPS) is 19.8. The van der Waals surface area contributed by atoms with Crippen molar-refractivity contribution in [1.29, 1.82) is 0 Å². The molecule has 1 atom stereocenters. The predicted octanol–water partition coefficient (Wildman–Crippen LogP) is 3.96. The molecule has 2 aliphatic heterocycles. The smallest absolute Gasteiger partial charge is 0.336 e. The Labute approximate surface area is 213 Å². The summed E-state index contributed by atoms with van der Waals surface area (Å²) < 4.78 is 10.7. The lowest BCUT2D eigenvalue weighted by atomic mass is 9.97. The second kappa shape index (κ2) is 11.9. The van der Waals surface area contributed by atoms with Gasteiger partial charge in [-0.3, -0.25) is 15.0 Å². The molecule has 1 saturated heterocycles. The summed E-state index contributed by atoms with van der Waals surface area (Å²) in [6.45, 7) is 7.86. The number of carbonyl (C=O) groups excluding carboxylic acids is 2. The largest absolute Gasteiger partial charge is 0.466 e. The van der Waals surface area contributed by atoms with Crippen LogP contribution in [0.25, 0.3) is 0 Å². The van der Waals surface area contributed by atoms with Crippen molar-refractivity contribution in [3.8, 4) is 0 Å². The number of hydrogen-bond donors (Lipinski definition) is 1. The number of likely N-dealkylation sites (tertiary alicyclic amines) is 1. The zero-order valence-corrected chi connectivity index (χ0v) is 21.6. The van der Waals surface area contributed by atoms with Gasteiger partial charge in [0.25, 0.3) is 5.69 Å². The average molecular weight is 515 g/mol. The number of dihydropyridines is 1. The first-order chi connectivity index (χ1) is 17.1. The van der Waals surface area contributed by atoms with Gasteiger partial charge in [0, 0.05) is 61.0 Å². The van der Waals surface area contributed by atoms with E-state index in [9.17, 15) is 19.7 Å². The number of aromatic nitrogens is 1. The summed E-state index contributed by atoms with van der Waals surface area (Å²) in [6.07, 6.45) is 2.78. The number of ether oxygens (including phenoxy) is 2. The van der Waals surface area contributed by atoms with Crippen molar-refractivity contribution in [2.24, 2.45) is 0 Å². The number of nitrogens with zero attached hydrogens (tertiary/aromatic N) is 3. The van der Waals surface area contributed by atoms with Crippen molar-refractivity contribution in [3.05, 3.63) is 79.6 Å². The number of para-hydroxylation sites is 1. The van der Waals surface area contributed by atoms with Crippen molar-refractivity contribution >= 4 is 29.0 Å². The van der Waals surface area contributed by atoms with Crippen LogP contribution in [0.1, 0.15) is 38.6 Å². The van der Waals surface area contributed by atoms with E-state index in [1.165, 1.54) is 19.2 Å². The molecule has 0 unspecified atom stereocenters. The third-order valence-corrected chi connectivity index (χ3v) is 6.74. The van der Waals surface area contributed by atoms with Crippen LogP contribution in [0.5, 0.6) is 0 Å². The molecule has 1 N–H and O–H groups in total. The fourth-order valence-corrected chi connectivity index (χ4v) is 4.71. The Kier molecular flexibility index (Phi) is 8.94. The lowest BCUT2D eigenvalue weighted by molar-refractivity contribution is -0.384. The van der Waals surface area contributed by atoms with Gasteiger partial charge < -0.3 is 14.8 Å². The molecule has 0 amide bonds. The van der Waals surface area contributed by atoms with E-state index < -0.39 is 16.5 Å². The number of benzene rings is 1. The van der Waals surface area contributed by atoms with Gasteiger partial charge in [0.15, 0.2) is 0 Å². The van der Waals surface area contributed by atoms with Gasteiger partial charge in [-0.15, -0.1) is 11.3 Å². The number of hydrogen-bond acceptors (Lipinski definition) is 10. The summed E-state index contributed by atoms with van der Waals surface area (Å²) in [7, 11) is 1.34. The van der Waals surface area contributed by atoms with E-state index in [2.05, 4.69) is 15.2 Å². The summed E-state index contributed by atoms with van der Waals surface area (Å²) in [4.78, 5) is 40.9. The topological polar surface area (TPSA) is 124 Å². The van der Waals surface area contributed by atoms with Crippen LogP contribution in [0.3, 0.4) is 0 Å². The Morgan fingerprint density at radius 1 is 1.19 bits per heavy atom. The van der Waals surface area contributed by atoms with E-state index in [4.69, 9.17) is 9.47 Å². The zero-order chi connectivity index (χ0) is 26.3. The number of thiazole rings is 1. The molecule has 0 saturated carbocycles. The molecule has 10 nitrogen and oxygen atoms in total. The fraction of sp³-hybridized carbons (Fsp3) is 0.400. The molecule has 2 aliphatic rings. The van der Waals surface area contributed by atoms with Crippen molar-refractivity contribution < 1.29 is 24.0 Å². The van der Waals surface area contributed by atoms with E-state index in [-0.39, 0.29) is 18.1 Å². The Bertz CT molecular complexity index is 1160. The van der Waals surface area contributed by atoms with Gasteiger partial charge in [0.05, 0.1) is 29.7 Å². The van der Waals surface area contributed by atoms with Gasteiger partial charge >= 0.3 is 11.9 Å². The predicted molar refractivity (Wildman–Crippen MR) is 135 cm³/mol. The molecule has 0 bridgehead atoms. The van der Waals surface area contributed by atoms with Crippen LogP contribution in [0, 0.1) is 10.1 Å². The van der Waals surface area contributed by atoms with E-state index in [0.29, 0.717) is 29.1 Å². The first-order valence-corrected chi connectivity index (χ1v) is 12.3. The van der Waals surface area contributed by atoms with Gasteiger partial charge in [-0.05, 0) is 20.8 Å². The summed E-state index contributed by atoms with van der Waals surface area (Å²) in [6, 6.07) is 7.93. The Balaban J connectivity index is 0.000000338. The molecule has 0 spiro atoms. The summed E-state index contributed by atoms with van der Waals surface area (Å²) in [5.74, 6) is -0.813. The van der Waals surface area contributed by atoms with Gasteiger partial charge in [0.2, 0.25) is 0 Å². The van der Waals surface area contributed by atoms with E-state index in [0.717, 1.165) is 24.5 Å². The van der Waals surface area contributed by atoms with E-state index in [1.807, 2.05) is 19.2 Å². The summed E-state index contributed by atoms with van der Waals surface area (Å²) >= 11 is 1.63. The second-order valence-corrected chi connectivity index (χ2v) is 9.80. The second-order valence-electron chi connectivity index (χ2n) is 8.82. The molecule has 0 aliphatic carbocycles. The Morgan fingerprint density at radius 3 is 2.42 bits per heavy atom. The zero-order valence-electron chi connectivity index (χ0n) is 20.8. The van der Waals surface area contributed by atoms with Crippen LogP contribution >= 0.6 is 11.3 Å². The molecule has 3 heterocycles. The lowest BCUT2D eigenvalue weighted by Gasteiger charge is -2.28. The minimum atomic E-state index is -0.552. The van der Waals surface area contributed by atoms with Gasteiger partial charge in [-0.1, -0.05) is 18.2 Å². The first-order valence-electron chi connectivity index (χ1n) is 11.4. The minimum Gasteiger partial charge on any atom is -0.466 e. The van der Waals surface area contributed by atoms with Crippen molar-refractivity contribution in [3.63, 3.8) is 0 Å². The standard InChI is InChI=1S/C19H25N3O4S.C6H5NO2/c1-12-14(17(23)25-4)9-15(13(2)21-12)18(24)26-19(3)5-7-22(11-19)10-16-20-6-8-27-16;8-7(9)6-4-2-1-3-5-6/h6,8,21H,5,7,9-11H2,1-4H3;1-5H/t19-;/m1./s1. The fourth-order valence-electron chi connectivity index (χ4n) is 4.05. The number of methoxy groups -OCH3 is 1. The van der Waals surface area contributed by atoms with Gasteiger partial charge in [0.1, 0.15) is 10.6 Å². The Hall–Kier alpha value is -3.57. The average Bonchev–Trinajstić information content (AvgIpc) is 3.49. The van der Waals surface area contributed by atoms with Crippen LogP contribution in [-0.2, 0) is 25.6 Å². The highest BCUT2D eigenvalue weighted by molar-refractivity contribution is 7.09. The number of nitro groups is 1. The molecule has 4 rings (SSSR count). The third kappa shape index (κ3) is 6.98. The van der Waals surface area contributed by atoms with Crippen LogP contribution in [0.4, 0.5) is 5.69 Å². The summed E-state index contributed by atoms with van der Waals surface area (Å²) in [5.41, 5.74) is 1.93. The van der Waals surface area contributed by atoms with E-state index >= 15 is 0 Å². The molecule has 1 fully saturated rings. The molecule has 1 aromatic heterocycles. The lowest BCUT2D eigenvalue weighted by Crippen LogP contribution is -2.37. The molecular formula is C25H30N4O6S. The first kappa shape index (κ1) is 27.0. The highest BCUT2D eigenvalue weighted by atomic mass is 32.1. The molecule has 1 aromatic carbocycles. The molecule has 0 radical (unpaired) electrons. The van der Waals surface area contributed by atoms with Crippen LogP contribution < -0.4 is 5.32 Å². The monoisotopic (exact) mass is 514 g/mol. The third-order valence-electron chi connectivity index (χ3n) is 5.98. The van der Waals surface area contributed by atoms with Gasteiger partial charge in [-0.2, -0.15) is 0 Å². The molecule has 2 aromatic rings. The molecule has 11 heteroatoms. The van der Waals surface area contributed by atoms with Crippen LogP contribution in [-0.4, -0.2) is 52.5 Å². The number of non-ortho nitro benzene ring substituents is 1. The maximum Gasteiger partial charge on any atom is 0.336 e. The van der Waals surface area contributed by atoms with Gasteiger partial charge in [-0.25, -0.2) is 14.6 Å².